The van der Waals surface area contributed by atoms with Gasteiger partial charge >= 0.3 is 0 Å². The molecule has 106 valence electrons. The fourth-order valence-electron chi connectivity index (χ4n) is 1.51. The molecule has 1 rings (SSSR count). The lowest BCUT2D eigenvalue weighted by molar-refractivity contribution is -0.120. The third kappa shape index (κ3) is 5.35. The Hall–Kier alpha value is -0.830. The lowest BCUT2D eigenvalue weighted by Crippen LogP contribution is -2.42. The van der Waals surface area contributed by atoms with Crippen LogP contribution in [0.5, 0.6) is 0 Å². The summed E-state index contributed by atoms with van der Waals surface area (Å²) in [7, 11) is -3.49. The first kappa shape index (κ1) is 16.2. The highest BCUT2D eigenvalue weighted by Gasteiger charge is 2.20. The number of carbonyl (C=O) groups excluding carboxylic acids is 1. The van der Waals surface area contributed by atoms with Crippen molar-refractivity contribution in [2.24, 2.45) is 0 Å². The van der Waals surface area contributed by atoms with Gasteiger partial charge in [0, 0.05) is 9.61 Å². The van der Waals surface area contributed by atoms with Gasteiger partial charge in [0.15, 0.2) is 0 Å². The zero-order valence-corrected chi connectivity index (χ0v) is 14.0. The van der Waals surface area contributed by atoms with E-state index in [0.717, 1.165) is 14.1 Å². The van der Waals surface area contributed by atoms with E-state index in [1.807, 2.05) is 13.8 Å². The Morgan fingerprint density at radius 3 is 2.26 bits per heavy atom. The second kappa shape index (κ2) is 6.56. The van der Waals surface area contributed by atoms with Gasteiger partial charge in [0.05, 0.1) is 11.9 Å². The number of benzene rings is 1. The topological polar surface area (TPSA) is 66.5 Å². The largest absolute Gasteiger partial charge is 0.352 e. The molecular formula is C12H17IN2O3S. The van der Waals surface area contributed by atoms with Gasteiger partial charge < -0.3 is 5.32 Å². The predicted octanol–water partition coefficient (Wildman–Crippen LogP) is 1.58. The molecule has 0 heterocycles. The maximum Gasteiger partial charge on any atom is 0.240 e. The summed E-state index contributed by atoms with van der Waals surface area (Å²) in [6, 6.07) is 6.95. The molecule has 19 heavy (non-hydrogen) atoms. The molecule has 0 aliphatic heterocycles. The second-order valence-corrected chi connectivity index (χ2v) is 7.62. The molecule has 5 nitrogen and oxygen atoms in total. The van der Waals surface area contributed by atoms with E-state index in [0.29, 0.717) is 5.69 Å². The van der Waals surface area contributed by atoms with Crippen LogP contribution in [0, 0.1) is 3.57 Å². The molecule has 0 saturated carbocycles. The normalized spacial score (nSPS) is 11.4. The molecule has 0 spiro atoms. The van der Waals surface area contributed by atoms with Crippen molar-refractivity contribution < 1.29 is 13.2 Å². The standard InChI is InChI=1S/C12H17IN2O3S/c1-9(2)14-12(16)8-15(19(3,17)18)11-6-4-10(13)5-7-11/h4-7,9H,8H2,1-3H3,(H,14,16). The van der Waals surface area contributed by atoms with Gasteiger partial charge in [0.1, 0.15) is 6.54 Å². The fraction of sp³-hybridized carbons (Fsp3) is 0.417. The van der Waals surface area contributed by atoms with Gasteiger partial charge in [-0.05, 0) is 60.7 Å². The average Bonchev–Trinajstić information content (AvgIpc) is 2.25. The fourth-order valence-corrected chi connectivity index (χ4v) is 2.72. The first-order valence-corrected chi connectivity index (χ1v) is 8.65. The Morgan fingerprint density at radius 1 is 1.32 bits per heavy atom. The van der Waals surface area contributed by atoms with Crippen LogP contribution in [0.2, 0.25) is 0 Å². The maximum atomic E-state index is 11.8. The Labute approximate surface area is 127 Å². The number of rotatable bonds is 5. The van der Waals surface area contributed by atoms with E-state index < -0.39 is 10.0 Å². The number of sulfonamides is 1. The summed E-state index contributed by atoms with van der Waals surface area (Å²) in [6.45, 7) is 3.44. The summed E-state index contributed by atoms with van der Waals surface area (Å²) >= 11 is 2.14. The summed E-state index contributed by atoms with van der Waals surface area (Å²) in [6.07, 6.45) is 1.09. The summed E-state index contributed by atoms with van der Waals surface area (Å²) < 4.78 is 25.7. The Balaban J connectivity index is 2.97. The molecule has 0 bridgehead atoms. The van der Waals surface area contributed by atoms with Crippen LogP contribution in [-0.4, -0.2) is 33.2 Å². The first-order valence-electron chi connectivity index (χ1n) is 5.73. The number of hydrogen-bond donors (Lipinski definition) is 1. The smallest absolute Gasteiger partial charge is 0.240 e. The molecular weight excluding hydrogens is 379 g/mol. The Kier molecular flexibility index (Phi) is 5.60. The van der Waals surface area contributed by atoms with Crippen LogP contribution < -0.4 is 9.62 Å². The number of anilines is 1. The number of halogens is 1. The lowest BCUT2D eigenvalue weighted by Gasteiger charge is -2.22. The van der Waals surface area contributed by atoms with Crippen LogP contribution >= 0.6 is 22.6 Å². The van der Waals surface area contributed by atoms with Crippen molar-refractivity contribution in [2.45, 2.75) is 19.9 Å². The molecule has 0 aliphatic rings. The van der Waals surface area contributed by atoms with E-state index >= 15 is 0 Å². The molecule has 1 aromatic rings. The summed E-state index contributed by atoms with van der Waals surface area (Å²) in [4.78, 5) is 11.7. The second-order valence-electron chi connectivity index (χ2n) is 4.47. The quantitative estimate of drug-likeness (QED) is 0.769. The molecule has 1 N–H and O–H groups in total. The van der Waals surface area contributed by atoms with Gasteiger partial charge in [-0.3, -0.25) is 9.10 Å². The van der Waals surface area contributed by atoms with E-state index in [-0.39, 0.29) is 18.5 Å². The van der Waals surface area contributed by atoms with E-state index in [4.69, 9.17) is 0 Å². The monoisotopic (exact) mass is 396 g/mol. The Bertz CT molecular complexity index is 541. The molecule has 0 atom stereocenters. The van der Waals surface area contributed by atoms with E-state index in [9.17, 15) is 13.2 Å². The lowest BCUT2D eigenvalue weighted by atomic mass is 10.3. The van der Waals surface area contributed by atoms with E-state index in [2.05, 4.69) is 27.9 Å². The predicted molar refractivity (Wildman–Crippen MR) is 84.6 cm³/mol. The van der Waals surface area contributed by atoms with Gasteiger partial charge in [0.25, 0.3) is 0 Å². The van der Waals surface area contributed by atoms with Gasteiger partial charge in [-0.15, -0.1) is 0 Å². The minimum absolute atomic E-state index is 0.0226. The van der Waals surface area contributed by atoms with Crippen molar-refractivity contribution in [1.82, 2.24) is 5.32 Å². The highest BCUT2D eigenvalue weighted by atomic mass is 127. The first-order chi connectivity index (χ1) is 8.70. The number of amides is 1. The van der Waals surface area contributed by atoms with Crippen molar-refractivity contribution in [3.8, 4) is 0 Å². The van der Waals surface area contributed by atoms with Crippen LogP contribution in [0.3, 0.4) is 0 Å². The van der Waals surface area contributed by atoms with Crippen LogP contribution in [-0.2, 0) is 14.8 Å². The third-order valence-electron chi connectivity index (χ3n) is 2.25. The molecule has 0 unspecified atom stereocenters. The summed E-state index contributed by atoms with van der Waals surface area (Å²) in [5, 5.41) is 2.68. The summed E-state index contributed by atoms with van der Waals surface area (Å²) in [5.41, 5.74) is 0.488. The molecule has 0 saturated heterocycles. The SMILES string of the molecule is CC(C)NC(=O)CN(c1ccc(I)cc1)S(C)(=O)=O. The Morgan fingerprint density at radius 2 is 1.84 bits per heavy atom. The van der Waals surface area contributed by atoms with Crippen molar-refractivity contribution in [1.29, 1.82) is 0 Å². The molecule has 0 aliphatic carbocycles. The average molecular weight is 396 g/mol. The zero-order valence-electron chi connectivity index (χ0n) is 11.1. The molecule has 1 amide bonds. The minimum Gasteiger partial charge on any atom is -0.352 e. The van der Waals surface area contributed by atoms with Crippen molar-refractivity contribution >= 4 is 44.2 Å². The van der Waals surface area contributed by atoms with Crippen molar-refractivity contribution in [2.75, 3.05) is 17.1 Å². The minimum atomic E-state index is -3.49. The number of hydrogen-bond acceptors (Lipinski definition) is 3. The summed E-state index contributed by atoms with van der Waals surface area (Å²) in [5.74, 6) is -0.320. The van der Waals surface area contributed by atoms with Gasteiger partial charge in [-0.25, -0.2) is 8.42 Å². The van der Waals surface area contributed by atoms with Gasteiger partial charge in [0.2, 0.25) is 15.9 Å². The van der Waals surface area contributed by atoms with E-state index in [1.54, 1.807) is 24.3 Å². The number of nitrogens with zero attached hydrogens (tertiary/aromatic N) is 1. The van der Waals surface area contributed by atoms with Crippen LogP contribution in [0.25, 0.3) is 0 Å². The number of nitrogens with one attached hydrogen (secondary N) is 1. The molecule has 0 aromatic heterocycles. The van der Waals surface area contributed by atoms with Crippen molar-refractivity contribution in [3.05, 3.63) is 27.8 Å². The number of carbonyl (C=O) groups is 1. The molecule has 0 fully saturated rings. The highest BCUT2D eigenvalue weighted by Crippen LogP contribution is 2.18. The van der Waals surface area contributed by atoms with Gasteiger partial charge in [-0.1, -0.05) is 0 Å². The highest BCUT2D eigenvalue weighted by molar-refractivity contribution is 14.1. The molecule has 0 radical (unpaired) electrons. The maximum absolute atomic E-state index is 11.8. The van der Waals surface area contributed by atoms with E-state index in [1.165, 1.54) is 0 Å². The van der Waals surface area contributed by atoms with Crippen LogP contribution in [0.15, 0.2) is 24.3 Å². The van der Waals surface area contributed by atoms with Crippen LogP contribution in [0.4, 0.5) is 5.69 Å². The molecule has 1 aromatic carbocycles. The molecule has 7 heteroatoms. The van der Waals surface area contributed by atoms with Crippen LogP contribution in [0.1, 0.15) is 13.8 Å². The van der Waals surface area contributed by atoms with Crippen molar-refractivity contribution in [3.63, 3.8) is 0 Å². The van der Waals surface area contributed by atoms with Gasteiger partial charge in [-0.2, -0.15) is 0 Å². The zero-order chi connectivity index (χ0) is 14.6. The third-order valence-corrected chi connectivity index (χ3v) is 4.11.